The predicted molar refractivity (Wildman–Crippen MR) is 88.3 cm³/mol. The van der Waals surface area contributed by atoms with Crippen LogP contribution in [0.4, 0.5) is 4.79 Å². The first-order chi connectivity index (χ1) is 11.3. The topological polar surface area (TPSA) is 54.5 Å². The Morgan fingerprint density at radius 3 is 2.83 bits per heavy atom. The number of pyridine rings is 1. The van der Waals surface area contributed by atoms with Gasteiger partial charge in [-0.2, -0.15) is 0 Å². The van der Waals surface area contributed by atoms with Gasteiger partial charge in [0, 0.05) is 30.4 Å². The zero-order valence-electron chi connectivity index (χ0n) is 13.5. The van der Waals surface area contributed by atoms with Crippen LogP contribution in [0.2, 0.25) is 0 Å². The highest BCUT2D eigenvalue weighted by atomic mass is 16.5. The number of amides is 2. The van der Waals surface area contributed by atoms with Gasteiger partial charge in [0.2, 0.25) is 0 Å². The Balaban J connectivity index is 2.14. The SMILES string of the molecule is CCNC(=O)N(CC)C1c2ccccc2OCc2ncccc21. The lowest BCUT2D eigenvalue weighted by Crippen LogP contribution is -2.42. The molecular formula is C18H21N3O2. The van der Waals surface area contributed by atoms with Crippen molar-refractivity contribution in [3.8, 4) is 5.75 Å². The summed E-state index contributed by atoms with van der Waals surface area (Å²) in [5, 5.41) is 2.90. The minimum Gasteiger partial charge on any atom is -0.487 e. The van der Waals surface area contributed by atoms with E-state index in [4.69, 9.17) is 4.74 Å². The van der Waals surface area contributed by atoms with Crippen LogP contribution in [-0.2, 0) is 6.61 Å². The van der Waals surface area contributed by atoms with Gasteiger partial charge in [-0.15, -0.1) is 0 Å². The maximum Gasteiger partial charge on any atom is 0.318 e. The molecule has 1 N–H and O–H groups in total. The fourth-order valence-corrected chi connectivity index (χ4v) is 3.00. The second kappa shape index (κ2) is 6.69. The van der Waals surface area contributed by atoms with E-state index in [-0.39, 0.29) is 12.1 Å². The van der Waals surface area contributed by atoms with Crippen LogP contribution in [0.5, 0.6) is 5.75 Å². The molecule has 1 aliphatic rings. The number of para-hydroxylation sites is 1. The van der Waals surface area contributed by atoms with Gasteiger partial charge >= 0.3 is 6.03 Å². The highest BCUT2D eigenvalue weighted by Gasteiger charge is 2.31. The molecule has 5 heteroatoms. The molecule has 1 aromatic heterocycles. The van der Waals surface area contributed by atoms with Gasteiger partial charge in [0.25, 0.3) is 0 Å². The molecular weight excluding hydrogens is 290 g/mol. The quantitative estimate of drug-likeness (QED) is 0.947. The van der Waals surface area contributed by atoms with Gasteiger partial charge < -0.3 is 15.0 Å². The van der Waals surface area contributed by atoms with E-state index in [0.29, 0.717) is 19.7 Å². The van der Waals surface area contributed by atoms with Crippen molar-refractivity contribution < 1.29 is 9.53 Å². The number of fused-ring (bicyclic) bond motifs is 2. The van der Waals surface area contributed by atoms with Crippen LogP contribution < -0.4 is 10.1 Å². The third-order valence-corrected chi connectivity index (χ3v) is 4.04. The van der Waals surface area contributed by atoms with Crippen LogP contribution in [0.3, 0.4) is 0 Å². The number of hydrogen-bond acceptors (Lipinski definition) is 3. The lowest BCUT2D eigenvalue weighted by molar-refractivity contribution is 0.188. The van der Waals surface area contributed by atoms with Gasteiger partial charge in [-0.05, 0) is 26.0 Å². The number of benzene rings is 1. The van der Waals surface area contributed by atoms with E-state index in [9.17, 15) is 4.79 Å². The Hall–Kier alpha value is -2.56. The van der Waals surface area contributed by atoms with Crippen LogP contribution >= 0.6 is 0 Å². The van der Waals surface area contributed by atoms with E-state index in [0.717, 1.165) is 22.6 Å². The largest absolute Gasteiger partial charge is 0.487 e. The van der Waals surface area contributed by atoms with Gasteiger partial charge in [-0.1, -0.05) is 24.3 Å². The fraction of sp³-hybridized carbons (Fsp3) is 0.333. The second-order valence-electron chi connectivity index (χ2n) is 5.39. The summed E-state index contributed by atoms with van der Waals surface area (Å²) >= 11 is 0. The Kier molecular flexibility index (Phi) is 4.46. The highest BCUT2D eigenvalue weighted by Crippen LogP contribution is 2.38. The third kappa shape index (κ3) is 2.86. The van der Waals surface area contributed by atoms with Gasteiger partial charge in [0.05, 0.1) is 11.7 Å². The van der Waals surface area contributed by atoms with Crippen molar-refractivity contribution in [2.75, 3.05) is 13.1 Å². The summed E-state index contributed by atoms with van der Waals surface area (Å²) in [5.41, 5.74) is 2.88. The lowest BCUT2D eigenvalue weighted by Gasteiger charge is -2.31. The average Bonchev–Trinajstić information content (AvgIpc) is 2.74. The Morgan fingerprint density at radius 2 is 2.04 bits per heavy atom. The third-order valence-electron chi connectivity index (χ3n) is 4.04. The highest BCUT2D eigenvalue weighted by molar-refractivity contribution is 5.75. The number of rotatable bonds is 3. The normalized spacial score (nSPS) is 15.7. The molecule has 2 amide bonds. The average molecular weight is 311 g/mol. The molecule has 0 saturated heterocycles. The zero-order valence-corrected chi connectivity index (χ0v) is 13.5. The van der Waals surface area contributed by atoms with Crippen LogP contribution in [0.25, 0.3) is 0 Å². The summed E-state index contributed by atoms with van der Waals surface area (Å²) in [4.78, 5) is 18.8. The molecule has 23 heavy (non-hydrogen) atoms. The molecule has 1 aromatic carbocycles. The molecule has 5 nitrogen and oxygen atoms in total. The first-order valence-electron chi connectivity index (χ1n) is 7.96. The number of nitrogens with one attached hydrogen (secondary N) is 1. The molecule has 0 radical (unpaired) electrons. The van der Waals surface area contributed by atoms with Gasteiger partial charge in [-0.25, -0.2) is 4.79 Å². The van der Waals surface area contributed by atoms with Crippen molar-refractivity contribution in [1.82, 2.24) is 15.2 Å². The molecule has 120 valence electrons. The van der Waals surface area contributed by atoms with Crippen molar-refractivity contribution in [3.05, 3.63) is 59.4 Å². The lowest BCUT2D eigenvalue weighted by atomic mass is 9.96. The number of urea groups is 1. The summed E-state index contributed by atoms with van der Waals surface area (Å²) in [6, 6.07) is 11.5. The van der Waals surface area contributed by atoms with E-state index in [2.05, 4.69) is 10.3 Å². The van der Waals surface area contributed by atoms with Crippen LogP contribution in [0, 0.1) is 0 Å². The van der Waals surface area contributed by atoms with Crippen molar-refractivity contribution in [2.45, 2.75) is 26.5 Å². The number of aromatic nitrogens is 1. The summed E-state index contributed by atoms with van der Waals surface area (Å²) in [6.45, 7) is 5.51. The first kappa shape index (κ1) is 15.3. The summed E-state index contributed by atoms with van der Waals surface area (Å²) in [7, 11) is 0. The van der Waals surface area contributed by atoms with E-state index in [1.165, 1.54) is 0 Å². The maximum atomic E-state index is 12.6. The number of hydrogen-bond donors (Lipinski definition) is 1. The molecule has 0 aliphatic carbocycles. The summed E-state index contributed by atoms with van der Waals surface area (Å²) in [5.74, 6) is 0.804. The monoisotopic (exact) mass is 311 g/mol. The molecule has 2 heterocycles. The van der Waals surface area contributed by atoms with Crippen molar-refractivity contribution >= 4 is 6.03 Å². The molecule has 0 fully saturated rings. The maximum absolute atomic E-state index is 12.6. The van der Waals surface area contributed by atoms with Crippen LogP contribution in [-0.4, -0.2) is 29.0 Å². The molecule has 1 atom stereocenters. The molecule has 2 aromatic rings. The summed E-state index contributed by atoms with van der Waals surface area (Å²) < 4.78 is 5.92. The van der Waals surface area contributed by atoms with Crippen molar-refractivity contribution in [3.63, 3.8) is 0 Å². The summed E-state index contributed by atoms with van der Waals surface area (Å²) in [6.07, 6.45) is 1.76. The van der Waals surface area contributed by atoms with E-state index < -0.39 is 0 Å². The minimum atomic E-state index is -0.200. The zero-order chi connectivity index (χ0) is 16.2. The molecule has 3 rings (SSSR count). The van der Waals surface area contributed by atoms with Gasteiger partial charge in [-0.3, -0.25) is 4.98 Å². The molecule has 0 saturated carbocycles. The fourth-order valence-electron chi connectivity index (χ4n) is 3.00. The van der Waals surface area contributed by atoms with Crippen molar-refractivity contribution in [1.29, 1.82) is 0 Å². The molecule has 0 bridgehead atoms. The smallest absolute Gasteiger partial charge is 0.318 e. The second-order valence-corrected chi connectivity index (χ2v) is 5.39. The van der Waals surface area contributed by atoms with E-state index in [1.807, 2.05) is 55.1 Å². The number of carbonyl (C=O) groups excluding carboxylic acids is 1. The number of ether oxygens (including phenoxy) is 1. The van der Waals surface area contributed by atoms with Crippen LogP contribution in [0.15, 0.2) is 42.6 Å². The number of carbonyl (C=O) groups is 1. The Bertz CT molecular complexity index is 655. The standard InChI is InChI=1S/C18H21N3O2/c1-3-19-18(22)21(4-2)17-13-9-7-11-20-15(13)12-23-16-10-6-5-8-14(16)17/h5-11,17H,3-4,12H2,1-2H3,(H,19,22). The minimum absolute atomic E-state index is 0.0773. The van der Waals surface area contributed by atoms with Gasteiger partial charge in [0.15, 0.2) is 0 Å². The van der Waals surface area contributed by atoms with Crippen LogP contribution in [0.1, 0.15) is 36.7 Å². The molecule has 1 unspecified atom stereocenters. The first-order valence-corrected chi connectivity index (χ1v) is 7.96. The Morgan fingerprint density at radius 1 is 1.26 bits per heavy atom. The van der Waals surface area contributed by atoms with E-state index in [1.54, 1.807) is 6.20 Å². The van der Waals surface area contributed by atoms with Gasteiger partial charge in [0.1, 0.15) is 12.4 Å². The predicted octanol–water partition coefficient (Wildman–Crippen LogP) is 3.11. The Labute approximate surface area is 136 Å². The number of nitrogens with zero attached hydrogens (tertiary/aromatic N) is 2. The molecule has 0 spiro atoms. The van der Waals surface area contributed by atoms with Crippen molar-refractivity contribution in [2.24, 2.45) is 0 Å². The van der Waals surface area contributed by atoms with E-state index >= 15 is 0 Å². The molecule has 1 aliphatic heterocycles.